The third-order valence-electron chi connectivity index (χ3n) is 4.22. The molecule has 6 heteroatoms. The molecule has 1 saturated heterocycles. The molecule has 0 spiro atoms. The standard InChI is InChI=1S/C16H26N4O2/c1-13(20-10-8-19(2)9-11-20)4-6-18-16(21)14-5-7-17-15(12-14)22-3/h5,7,12-13H,4,6,8-11H2,1-3H3,(H,18,21). The molecule has 0 radical (unpaired) electrons. The van der Waals surface area contributed by atoms with Crippen LogP contribution >= 0.6 is 0 Å². The molecule has 0 bridgehead atoms. The highest BCUT2D eigenvalue weighted by Gasteiger charge is 2.18. The zero-order valence-corrected chi connectivity index (χ0v) is 13.7. The number of hydrogen-bond acceptors (Lipinski definition) is 5. The van der Waals surface area contributed by atoms with Gasteiger partial charge in [0.25, 0.3) is 5.91 Å². The number of carbonyl (C=O) groups excluding carboxylic acids is 1. The highest BCUT2D eigenvalue weighted by molar-refractivity contribution is 5.94. The molecule has 1 aromatic heterocycles. The highest BCUT2D eigenvalue weighted by atomic mass is 16.5. The van der Waals surface area contributed by atoms with Crippen molar-refractivity contribution in [2.24, 2.45) is 0 Å². The summed E-state index contributed by atoms with van der Waals surface area (Å²) in [5.74, 6) is 0.379. The quantitative estimate of drug-likeness (QED) is 0.844. The first-order valence-electron chi connectivity index (χ1n) is 7.81. The second kappa shape index (κ2) is 8.10. The lowest BCUT2D eigenvalue weighted by atomic mass is 10.1. The van der Waals surface area contributed by atoms with E-state index in [4.69, 9.17) is 4.74 Å². The monoisotopic (exact) mass is 306 g/mol. The lowest BCUT2D eigenvalue weighted by Crippen LogP contribution is -2.48. The van der Waals surface area contributed by atoms with E-state index in [0.29, 0.717) is 24.0 Å². The predicted molar refractivity (Wildman–Crippen MR) is 86.3 cm³/mol. The molecule has 1 aliphatic heterocycles. The number of amides is 1. The fraction of sp³-hybridized carbons (Fsp3) is 0.625. The van der Waals surface area contributed by atoms with Crippen molar-refractivity contribution in [3.8, 4) is 5.88 Å². The van der Waals surface area contributed by atoms with Gasteiger partial charge in [0.15, 0.2) is 0 Å². The summed E-state index contributed by atoms with van der Waals surface area (Å²) < 4.78 is 5.03. The largest absolute Gasteiger partial charge is 0.481 e. The second-order valence-corrected chi connectivity index (χ2v) is 5.82. The van der Waals surface area contributed by atoms with E-state index in [-0.39, 0.29) is 5.91 Å². The summed E-state index contributed by atoms with van der Waals surface area (Å²) in [6.07, 6.45) is 2.54. The van der Waals surface area contributed by atoms with Crippen molar-refractivity contribution < 1.29 is 9.53 Å². The van der Waals surface area contributed by atoms with Gasteiger partial charge >= 0.3 is 0 Å². The van der Waals surface area contributed by atoms with Gasteiger partial charge in [-0.25, -0.2) is 4.98 Å². The number of piperazine rings is 1. The maximum absolute atomic E-state index is 12.1. The van der Waals surface area contributed by atoms with E-state index in [0.717, 1.165) is 32.6 Å². The van der Waals surface area contributed by atoms with E-state index in [1.54, 1.807) is 25.4 Å². The number of aromatic nitrogens is 1. The fourth-order valence-corrected chi connectivity index (χ4v) is 2.60. The van der Waals surface area contributed by atoms with E-state index in [9.17, 15) is 4.79 Å². The molecule has 1 unspecified atom stereocenters. The second-order valence-electron chi connectivity index (χ2n) is 5.82. The maximum atomic E-state index is 12.1. The molecular formula is C16H26N4O2. The van der Waals surface area contributed by atoms with Crippen LogP contribution in [0, 0.1) is 0 Å². The normalized spacial score (nSPS) is 18.0. The Morgan fingerprint density at radius 2 is 2.14 bits per heavy atom. The number of likely N-dealkylation sites (N-methyl/N-ethyl adjacent to an activating group) is 1. The Morgan fingerprint density at radius 3 is 2.82 bits per heavy atom. The zero-order valence-electron chi connectivity index (χ0n) is 13.7. The first-order valence-corrected chi connectivity index (χ1v) is 7.81. The lowest BCUT2D eigenvalue weighted by molar-refractivity contribution is 0.0934. The average molecular weight is 306 g/mol. The number of nitrogens with one attached hydrogen (secondary N) is 1. The Labute approximate surface area is 132 Å². The van der Waals surface area contributed by atoms with Crippen molar-refractivity contribution in [1.82, 2.24) is 20.1 Å². The molecule has 1 N–H and O–H groups in total. The smallest absolute Gasteiger partial charge is 0.251 e. The molecule has 1 amide bonds. The zero-order chi connectivity index (χ0) is 15.9. The summed E-state index contributed by atoms with van der Waals surface area (Å²) in [5, 5.41) is 2.97. The van der Waals surface area contributed by atoms with Gasteiger partial charge < -0.3 is 15.0 Å². The minimum Gasteiger partial charge on any atom is -0.481 e. The molecule has 22 heavy (non-hydrogen) atoms. The molecule has 0 aromatic carbocycles. The SMILES string of the molecule is COc1cc(C(=O)NCCC(C)N2CCN(C)CC2)ccn1. The van der Waals surface area contributed by atoms with Crippen LogP contribution in [0.5, 0.6) is 5.88 Å². The molecule has 1 fully saturated rings. The molecular weight excluding hydrogens is 280 g/mol. The number of nitrogens with zero attached hydrogens (tertiary/aromatic N) is 3. The Kier molecular flexibility index (Phi) is 6.15. The van der Waals surface area contributed by atoms with E-state index in [2.05, 4.69) is 34.1 Å². The summed E-state index contributed by atoms with van der Waals surface area (Å²) in [6, 6.07) is 3.84. The van der Waals surface area contributed by atoms with E-state index >= 15 is 0 Å². The van der Waals surface area contributed by atoms with Crippen molar-refractivity contribution >= 4 is 5.91 Å². The highest BCUT2D eigenvalue weighted by Crippen LogP contribution is 2.09. The van der Waals surface area contributed by atoms with Crippen molar-refractivity contribution in [3.63, 3.8) is 0 Å². The molecule has 1 aromatic rings. The molecule has 1 aliphatic rings. The van der Waals surface area contributed by atoms with Crippen LogP contribution < -0.4 is 10.1 Å². The Hall–Kier alpha value is -1.66. The first kappa shape index (κ1) is 16.7. The average Bonchev–Trinajstić information content (AvgIpc) is 2.55. The van der Waals surface area contributed by atoms with Crippen LogP contribution in [-0.4, -0.2) is 73.6 Å². The fourth-order valence-electron chi connectivity index (χ4n) is 2.60. The maximum Gasteiger partial charge on any atom is 0.251 e. The van der Waals surface area contributed by atoms with E-state index in [1.165, 1.54) is 0 Å². The number of methoxy groups -OCH3 is 1. The van der Waals surface area contributed by atoms with Crippen LogP contribution in [0.25, 0.3) is 0 Å². The molecule has 6 nitrogen and oxygen atoms in total. The Morgan fingerprint density at radius 1 is 1.41 bits per heavy atom. The molecule has 122 valence electrons. The van der Waals surface area contributed by atoms with Crippen LogP contribution in [-0.2, 0) is 0 Å². The van der Waals surface area contributed by atoms with Gasteiger partial charge in [0, 0.05) is 56.6 Å². The molecule has 2 heterocycles. The predicted octanol–water partition coefficient (Wildman–Crippen LogP) is 0.846. The first-order chi connectivity index (χ1) is 10.6. The third kappa shape index (κ3) is 4.68. The van der Waals surface area contributed by atoms with Gasteiger partial charge in [-0.05, 0) is 26.5 Å². The van der Waals surface area contributed by atoms with E-state index < -0.39 is 0 Å². The Bertz CT molecular complexity index is 487. The molecule has 0 aliphatic carbocycles. The topological polar surface area (TPSA) is 57.7 Å². The van der Waals surface area contributed by atoms with Crippen LogP contribution in [0.15, 0.2) is 18.3 Å². The van der Waals surface area contributed by atoms with Gasteiger partial charge in [0.2, 0.25) is 5.88 Å². The van der Waals surface area contributed by atoms with Crippen molar-refractivity contribution in [1.29, 1.82) is 0 Å². The molecule has 0 saturated carbocycles. The number of pyridine rings is 1. The number of hydrogen-bond donors (Lipinski definition) is 1. The number of rotatable bonds is 6. The van der Waals surface area contributed by atoms with Gasteiger partial charge in [-0.15, -0.1) is 0 Å². The van der Waals surface area contributed by atoms with Gasteiger partial charge in [-0.2, -0.15) is 0 Å². The van der Waals surface area contributed by atoms with Gasteiger partial charge in [0.05, 0.1) is 7.11 Å². The van der Waals surface area contributed by atoms with Gasteiger partial charge in [-0.1, -0.05) is 0 Å². The minimum absolute atomic E-state index is 0.0775. The van der Waals surface area contributed by atoms with Crippen LogP contribution in [0.2, 0.25) is 0 Å². The Balaban J connectivity index is 1.74. The van der Waals surface area contributed by atoms with Gasteiger partial charge in [-0.3, -0.25) is 9.69 Å². The number of carbonyl (C=O) groups is 1. The summed E-state index contributed by atoms with van der Waals surface area (Å²) in [6.45, 7) is 7.35. The molecule has 2 rings (SSSR count). The van der Waals surface area contributed by atoms with Crippen molar-refractivity contribution in [3.05, 3.63) is 23.9 Å². The van der Waals surface area contributed by atoms with Crippen molar-refractivity contribution in [2.75, 3.05) is 46.9 Å². The summed E-state index contributed by atoms with van der Waals surface area (Å²) in [5.41, 5.74) is 0.583. The van der Waals surface area contributed by atoms with Crippen LogP contribution in [0.3, 0.4) is 0 Å². The van der Waals surface area contributed by atoms with Crippen molar-refractivity contribution in [2.45, 2.75) is 19.4 Å². The molecule has 1 atom stereocenters. The van der Waals surface area contributed by atoms with Crippen LogP contribution in [0.1, 0.15) is 23.7 Å². The third-order valence-corrected chi connectivity index (χ3v) is 4.22. The summed E-state index contributed by atoms with van der Waals surface area (Å²) >= 11 is 0. The minimum atomic E-state index is -0.0775. The summed E-state index contributed by atoms with van der Waals surface area (Å²) in [4.78, 5) is 20.9. The number of ether oxygens (including phenoxy) is 1. The van der Waals surface area contributed by atoms with E-state index in [1.807, 2.05) is 0 Å². The van der Waals surface area contributed by atoms with Crippen LogP contribution in [0.4, 0.5) is 0 Å². The van der Waals surface area contributed by atoms with Gasteiger partial charge in [0.1, 0.15) is 0 Å². The lowest BCUT2D eigenvalue weighted by Gasteiger charge is -2.36. The summed E-state index contributed by atoms with van der Waals surface area (Å²) in [7, 11) is 3.70.